The van der Waals surface area contributed by atoms with Gasteiger partial charge in [-0.2, -0.15) is 0 Å². The molecule has 1 fully saturated rings. The second kappa shape index (κ2) is 9.41. The Kier molecular flexibility index (Phi) is 6.70. The van der Waals surface area contributed by atoms with E-state index in [9.17, 15) is 9.59 Å². The number of piperidine rings is 1. The number of ether oxygens (including phenoxy) is 2. The van der Waals surface area contributed by atoms with Crippen LogP contribution in [0.2, 0.25) is 0 Å². The molecule has 7 heteroatoms. The Hall–Kier alpha value is -2.54. The fourth-order valence-electron chi connectivity index (χ4n) is 3.20. The highest BCUT2D eigenvalue weighted by atomic mass is 16.7. The normalized spacial score (nSPS) is 17.2. The number of carbonyl (C=O) groups excluding carboxylic acids is 2. The van der Waals surface area contributed by atoms with Crippen molar-refractivity contribution in [2.24, 2.45) is 0 Å². The van der Waals surface area contributed by atoms with Crippen LogP contribution >= 0.6 is 0 Å². The van der Waals surface area contributed by atoms with Crippen molar-refractivity contribution in [1.82, 2.24) is 15.5 Å². The first-order valence-electron chi connectivity index (χ1n) is 9.51. The quantitative estimate of drug-likeness (QED) is 0.709. The highest BCUT2D eigenvalue weighted by Crippen LogP contribution is 2.32. The summed E-state index contributed by atoms with van der Waals surface area (Å²) >= 11 is 0. The lowest BCUT2D eigenvalue weighted by molar-refractivity contribution is -0.123. The standard InChI is InChI=1S/C20H27N3O4/c1-2-9-21-20(25)13-23-10-7-16(8-11-23)22-19(24)6-4-15-3-5-17-18(12-15)27-14-26-17/h3-6,12,16H,2,7-11,13-14H2,1H3,(H,21,25)(H,22,24)/b6-4+. The van der Waals surface area contributed by atoms with Crippen LogP contribution in [0.3, 0.4) is 0 Å². The first-order valence-corrected chi connectivity index (χ1v) is 9.51. The van der Waals surface area contributed by atoms with Gasteiger partial charge in [-0.1, -0.05) is 13.0 Å². The third-order valence-electron chi connectivity index (χ3n) is 4.70. The second-order valence-corrected chi connectivity index (χ2v) is 6.85. The van der Waals surface area contributed by atoms with Crippen molar-refractivity contribution in [1.29, 1.82) is 0 Å². The maximum absolute atomic E-state index is 12.2. The van der Waals surface area contributed by atoms with E-state index >= 15 is 0 Å². The van der Waals surface area contributed by atoms with Crippen molar-refractivity contribution in [3.05, 3.63) is 29.8 Å². The number of nitrogens with zero attached hydrogens (tertiary/aromatic N) is 1. The minimum absolute atomic E-state index is 0.0750. The number of likely N-dealkylation sites (tertiary alicyclic amines) is 1. The van der Waals surface area contributed by atoms with Gasteiger partial charge in [-0.3, -0.25) is 14.5 Å². The minimum atomic E-state index is -0.105. The molecule has 27 heavy (non-hydrogen) atoms. The predicted octanol–water partition coefficient (Wildman–Crippen LogP) is 1.54. The van der Waals surface area contributed by atoms with Crippen LogP contribution in [0.4, 0.5) is 0 Å². The topological polar surface area (TPSA) is 79.9 Å². The Morgan fingerprint density at radius 2 is 2.00 bits per heavy atom. The van der Waals surface area contributed by atoms with Crippen LogP contribution in [0.5, 0.6) is 11.5 Å². The molecule has 7 nitrogen and oxygen atoms in total. The first kappa shape index (κ1) is 19.2. The van der Waals surface area contributed by atoms with Crippen LogP contribution in [0.1, 0.15) is 31.7 Å². The van der Waals surface area contributed by atoms with E-state index in [-0.39, 0.29) is 24.6 Å². The highest BCUT2D eigenvalue weighted by Gasteiger charge is 2.21. The summed E-state index contributed by atoms with van der Waals surface area (Å²) in [4.78, 5) is 26.1. The number of benzene rings is 1. The van der Waals surface area contributed by atoms with E-state index in [1.54, 1.807) is 12.2 Å². The van der Waals surface area contributed by atoms with Gasteiger partial charge in [0.05, 0.1) is 6.54 Å². The SMILES string of the molecule is CCCNC(=O)CN1CCC(NC(=O)/C=C/c2ccc3c(c2)OCO3)CC1. The lowest BCUT2D eigenvalue weighted by Crippen LogP contribution is -2.47. The average molecular weight is 373 g/mol. The molecule has 2 N–H and O–H groups in total. The van der Waals surface area contributed by atoms with E-state index in [0.717, 1.165) is 50.2 Å². The largest absolute Gasteiger partial charge is 0.454 e. The summed E-state index contributed by atoms with van der Waals surface area (Å²) in [6.45, 7) is 5.07. The Balaban J connectivity index is 1.40. The van der Waals surface area contributed by atoms with Crippen molar-refractivity contribution in [3.63, 3.8) is 0 Å². The summed E-state index contributed by atoms with van der Waals surface area (Å²) in [5, 5.41) is 5.94. The summed E-state index contributed by atoms with van der Waals surface area (Å²) in [7, 11) is 0. The molecule has 1 aromatic carbocycles. The van der Waals surface area contributed by atoms with Gasteiger partial charge in [0.1, 0.15) is 0 Å². The smallest absolute Gasteiger partial charge is 0.244 e. The number of carbonyl (C=O) groups is 2. The monoisotopic (exact) mass is 373 g/mol. The van der Waals surface area contributed by atoms with E-state index in [0.29, 0.717) is 12.3 Å². The molecular formula is C20H27N3O4. The highest BCUT2D eigenvalue weighted by molar-refractivity contribution is 5.92. The van der Waals surface area contributed by atoms with E-state index in [4.69, 9.17) is 9.47 Å². The van der Waals surface area contributed by atoms with Crippen LogP contribution in [0.15, 0.2) is 24.3 Å². The van der Waals surface area contributed by atoms with Gasteiger partial charge in [0.25, 0.3) is 0 Å². The van der Waals surface area contributed by atoms with Crippen molar-refractivity contribution in [2.75, 3.05) is 33.0 Å². The van der Waals surface area contributed by atoms with Gasteiger partial charge in [0.15, 0.2) is 11.5 Å². The zero-order chi connectivity index (χ0) is 19.1. The van der Waals surface area contributed by atoms with E-state index in [2.05, 4.69) is 15.5 Å². The minimum Gasteiger partial charge on any atom is -0.454 e. The van der Waals surface area contributed by atoms with Crippen LogP contribution in [-0.2, 0) is 9.59 Å². The molecule has 0 radical (unpaired) electrons. The van der Waals surface area contributed by atoms with Gasteiger partial charge in [-0.05, 0) is 43.0 Å². The third kappa shape index (κ3) is 5.72. The average Bonchev–Trinajstić information content (AvgIpc) is 3.14. The molecule has 3 rings (SSSR count). The summed E-state index contributed by atoms with van der Waals surface area (Å²) in [6.07, 6.45) is 5.96. The van der Waals surface area contributed by atoms with Gasteiger partial charge in [0, 0.05) is 31.8 Å². The van der Waals surface area contributed by atoms with E-state index in [1.807, 2.05) is 25.1 Å². The Labute approximate surface area is 159 Å². The molecule has 2 aliphatic heterocycles. The Bertz CT molecular complexity index is 696. The summed E-state index contributed by atoms with van der Waals surface area (Å²) in [5.74, 6) is 1.40. The number of amides is 2. The van der Waals surface area contributed by atoms with Crippen molar-refractivity contribution in [2.45, 2.75) is 32.2 Å². The summed E-state index contributed by atoms with van der Waals surface area (Å²) in [6, 6.07) is 5.73. The molecule has 146 valence electrons. The molecule has 0 bridgehead atoms. The molecule has 0 unspecified atom stereocenters. The number of rotatable bonds is 7. The molecule has 2 aliphatic rings. The molecule has 2 amide bonds. The van der Waals surface area contributed by atoms with Crippen molar-refractivity contribution < 1.29 is 19.1 Å². The van der Waals surface area contributed by atoms with Crippen LogP contribution in [0, 0.1) is 0 Å². The number of nitrogens with one attached hydrogen (secondary N) is 2. The summed E-state index contributed by atoms with van der Waals surface area (Å²) in [5.41, 5.74) is 0.891. The first-order chi connectivity index (χ1) is 13.1. The second-order valence-electron chi connectivity index (χ2n) is 6.85. The van der Waals surface area contributed by atoms with Gasteiger partial charge < -0.3 is 20.1 Å². The van der Waals surface area contributed by atoms with E-state index < -0.39 is 0 Å². The fourth-order valence-corrected chi connectivity index (χ4v) is 3.20. The molecule has 0 saturated carbocycles. The molecule has 0 aliphatic carbocycles. The summed E-state index contributed by atoms with van der Waals surface area (Å²) < 4.78 is 10.6. The van der Waals surface area contributed by atoms with Crippen LogP contribution in [0.25, 0.3) is 6.08 Å². The number of hydrogen-bond donors (Lipinski definition) is 2. The van der Waals surface area contributed by atoms with Crippen LogP contribution < -0.4 is 20.1 Å². The van der Waals surface area contributed by atoms with Gasteiger partial charge in [0.2, 0.25) is 18.6 Å². The zero-order valence-electron chi connectivity index (χ0n) is 15.7. The van der Waals surface area contributed by atoms with Crippen molar-refractivity contribution in [3.8, 4) is 11.5 Å². The lowest BCUT2D eigenvalue weighted by atomic mass is 10.0. The molecule has 0 aromatic heterocycles. The zero-order valence-corrected chi connectivity index (χ0v) is 15.7. The fraction of sp³-hybridized carbons (Fsp3) is 0.500. The molecule has 2 heterocycles. The number of hydrogen-bond acceptors (Lipinski definition) is 5. The third-order valence-corrected chi connectivity index (χ3v) is 4.70. The molecule has 0 spiro atoms. The van der Waals surface area contributed by atoms with Gasteiger partial charge >= 0.3 is 0 Å². The predicted molar refractivity (Wildman–Crippen MR) is 103 cm³/mol. The molecule has 0 atom stereocenters. The lowest BCUT2D eigenvalue weighted by Gasteiger charge is -2.31. The molecule has 1 aromatic rings. The molecule has 1 saturated heterocycles. The maximum atomic E-state index is 12.2. The van der Waals surface area contributed by atoms with E-state index in [1.165, 1.54) is 0 Å². The number of fused-ring (bicyclic) bond motifs is 1. The Morgan fingerprint density at radius 1 is 1.22 bits per heavy atom. The Morgan fingerprint density at radius 3 is 2.78 bits per heavy atom. The maximum Gasteiger partial charge on any atom is 0.244 e. The van der Waals surface area contributed by atoms with Crippen molar-refractivity contribution >= 4 is 17.9 Å². The molecular weight excluding hydrogens is 346 g/mol. The van der Waals surface area contributed by atoms with Crippen LogP contribution in [-0.4, -0.2) is 55.7 Å². The van der Waals surface area contributed by atoms with Gasteiger partial charge in [-0.15, -0.1) is 0 Å². The van der Waals surface area contributed by atoms with Gasteiger partial charge in [-0.25, -0.2) is 0 Å².